The zero-order valence-corrected chi connectivity index (χ0v) is 11.9. The highest BCUT2D eigenvalue weighted by molar-refractivity contribution is 5.82. The summed E-state index contributed by atoms with van der Waals surface area (Å²) in [5, 5.41) is 3.11. The van der Waals surface area contributed by atoms with Crippen LogP contribution in [-0.2, 0) is 4.79 Å². The summed E-state index contributed by atoms with van der Waals surface area (Å²) in [5.41, 5.74) is 5.81. The number of hydrogen-bond acceptors (Lipinski definition) is 3. The predicted molar refractivity (Wildman–Crippen MR) is 73.2 cm³/mol. The summed E-state index contributed by atoms with van der Waals surface area (Å²) in [6.07, 6.45) is 4.87. The van der Waals surface area contributed by atoms with E-state index < -0.39 is 6.04 Å². The van der Waals surface area contributed by atoms with E-state index in [0.717, 1.165) is 32.0 Å². The van der Waals surface area contributed by atoms with Gasteiger partial charge in [0.15, 0.2) is 0 Å². The van der Waals surface area contributed by atoms with Crippen molar-refractivity contribution in [3.05, 3.63) is 0 Å². The van der Waals surface area contributed by atoms with E-state index in [-0.39, 0.29) is 11.3 Å². The Morgan fingerprint density at radius 1 is 1.22 bits per heavy atom. The van der Waals surface area contributed by atoms with E-state index in [1.54, 1.807) is 0 Å². The Bertz CT molecular complexity index is 299. The molecule has 4 nitrogen and oxygen atoms in total. The van der Waals surface area contributed by atoms with E-state index in [1.807, 2.05) is 20.8 Å². The molecule has 0 spiro atoms. The molecular weight excluding hydrogens is 226 g/mol. The summed E-state index contributed by atoms with van der Waals surface area (Å²) < 4.78 is 0. The molecule has 1 aliphatic carbocycles. The quantitative estimate of drug-likeness (QED) is 0.792. The molecule has 1 amide bonds. The fourth-order valence-electron chi connectivity index (χ4n) is 2.53. The van der Waals surface area contributed by atoms with Crippen LogP contribution in [0, 0.1) is 5.41 Å². The normalized spacial score (nSPS) is 24.9. The van der Waals surface area contributed by atoms with Gasteiger partial charge in [-0.25, -0.2) is 0 Å². The van der Waals surface area contributed by atoms with Crippen molar-refractivity contribution >= 4 is 5.91 Å². The van der Waals surface area contributed by atoms with Crippen molar-refractivity contribution in [2.45, 2.75) is 64.6 Å². The van der Waals surface area contributed by atoms with Crippen LogP contribution in [0.25, 0.3) is 0 Å². The first-order valence-electron chi connectivity index (χ1n) is 7.18. The number of nitrogens with one attached hydrogen (secondary N) is 1. The Morgan fingerprint density at radius 2 is 1.78 bits per heavy atom. The Balaban J connectivity index is 1.75. The van der Waals surface area contributed by atoms with Crippen LogP contribution in [0.15, 0.2) is 0 Å². The average Bonchev–Trinajstić information content (AvgIpc) is 3.11. The number of hydrogen-bond donors (Lipinski definition) is 2. The van der Waals surface area contributed by atoms with Gasteiger partial charge >= 0.3 is 0 Å². The maximum atomic E-state index is 12.0. The van der Waals surface area contributed by atoms with Crippen LogP contribution < -0.4 is 11.1 Å². The van der Waals surface area contributed by atoms with E-state index in [2.05, 4.69) is 10.2 Å². The first kappa shape index (κ1) is 13.8. The third-order valence-corrected chi connectivity index (χ3v) is 4.15. The van der Waals surface area contributed by atoms with E-state index in [9.17, 15) is 4.79 Å². The van der Waals surface area contributed by atoms with E-state index >= 15 is 0 Å². The third-order valence-electron chi connectivity index (χ3n) is 4.15. The summed E-state index contributed by atoms with van der Waals surface area (Å²) in [6, 6.07) is 0.748. The van der Waals surface area contributed by atoms with Crippen molar-refractivity contribution in [1.29, 1.82) is 0 Å². The van der Waals surface area contributed by atoms with Crippen molar-refractivity contribution < 1.29 is 4.79 Å². The molecule has 0 radical (unpaired) electrons. The van der Waals surface area contributed by atoms with Gasteiger partial charge in [-0.15, -0.1) is 0 Å². The zero-order chi connectivity index (χ0) is 13.3. The number of nitrogens with two attached hydrogens (primary N) is 1. The molecule has 0 unspecified atom stereocenters. The molecular formula is C14H27N3O. The van der Waals surface area contributed by atoms with E-state index in [1.165, 1.54) is 12.8 Å². The molecule has 18 heavy (non-hydrogen) atoms. The van der Waals surface area contributed by atoms with Gasteiger partial charge < -0.3 is 16.0 Å². The molecule has 0 aromatic rings. The van der Waals surface area contributed by atoms with Crippen molar-refractivity contribution in [2.24, 2.45) is 11.1 Å². The molecule has 1 saturated carbocycles. The van der Waals surface area contributed by atoms with Gasteiger partial charge in [-0.3, -0.25) is 4.79 Å². The second kappa shape index (κ2) is 5.17. The lowest BCUT2D eigenvalue weighted by Gasteiger charge is -2.34. The Hall–Kier alpha value is -0.610. The largest absolute Gasteiger partial charge is 0.352 e. The van der Waals surface area contributed by atoms with Crippen LogP contribution in [0.2, 0.25) is 0 Å². The van der Waals surface area contributed by atoms with Crippen LogP contribution in [0.4, 0.5) is 0 Å². The Morgan fingerprint density at radius 3 is 2.22 bits per heavy atom. The highest BCUT2D eigenvalue weighted by Gasteiger charge is 2.33. The maximum absolute atomic E-state index is 12.0. The minimum Gasteiger partial charge on any atom is -0.352 e. The van der Waals surface area contributed by atoms with Crippen LogP contribution in [0.3, 0.4) is 0 Å². The molecule has 0 aromatic carbocycles. The Labute approximate surface area is 110 Å². The monoisotopic (exact) mass is 253 g/mol. The summed E-state index contributed by atoms with van der Waals surface area (Å²) >= 11 is 0. The number of piperidine rings is 1. The first-order chi connectivity index (χ1) is 8.38. The van der Waals surface area contributed by atoms with Gasteiger partial charge in [0.2, 0.25) is 5.91 Å². The first-order valence-corrected chi connectivity index (χ1v) is 7.18. The van der Waals surface area contributed by atoms with Crippen LogP contribution >= 0.6 is 0 Å². The number of nitrogens with zero attached hydrogens (tertiary/aromatic N) is 1. The molecule has 0 bridgehead atoms. The van der Waals surface area contributed by atoms with Gasteiger partial charge in [0, 0.05) is 25.2 Å². The molecule has 2 fully saturated rings. The molecule has 3 N–H and O–H groups in total. The molecule has 1 heterocycles. The molecule has 2 rings (SSSR count). The highest BCUT2D eigenvalue weighted by Crippen LogP contribution is 2.29. The third kappa shape index (κ3) is 3.45. The Kier molecular flexibility index (Phi) is 3.97. The van der Waals surface area contributed by atoms with Gasteiger partial charge in [0.05, 0.1) is 6.04 Å². The van der Waals surface area contributed by atoms with Crippen molar-refractivity contribution in [3.63, 3.8) is 0 Å². The number of amides is 1. The number of rotatable bonds is 3. The van der Waals surface area contributed by atoms with Gasteiger partial charge in [0.1, 0.15) is 0 Å². The molecule has 0 aromatic heterocycles. The number of likely N-dealkylation sites (tertiary alicyclic amines) is 1. The second-order valence-corrected chi connectivity index (χ2v) is 6.89. The lowest BCUT2D eigenvalue weighted by atomic mass is 9.86. The molecule has 1 aliphatic heterocycles. The lowest BCUT2D eigenvalue weighted by molar-refractivity contribution is -0.125. The van der Waals surface area contributed by atoms with E-state index in [4.69, 9.17) is 5.73 Å². The van der Waals surface area contributed by atoms with Crippen LogP contribution in [0.1, 0.15) is 46.5 Å². The number of carbonyl (C=O) groups excluding carboxylic acids is 1. The lowest BCUT2D eigenvalue weighted by Crippen LogP contribution is -2.53. The summed E-state index contributed by atoms with van der Waals surface area (Å²) in [5.74, 6) is 0.00683. The van der Waals surface area contributed by atoms with Gasteiger partial charge in [-0.2, -0.15) is 0 Å². The minimum atomic E-state index is -0.418. The van der Waals surface area contributed by atoms with Gasteiger partial charge in [0.25, 0.3) is 0 Å². The number of carbonyl (C=O) groups is 1. The van der Waals surface area contributed by atoms with Gasteiger partial charge in [-0.05, 0) is 31.1 Å². The van der Waals surface area contributed by atoms with Crippen molar-refractivity contribution in [2.75, 3.05) is 13.1 Å². The highest BCUT2D eigenvalue weighted by atomic mass is 16.2. The molecule has 1 atom stereocenters. The van der Waals surface area contributed by atoms with Crippen molar-refractivity contribution in [3.8, 4) is 0 Å². The summed E-state index contributed by atoms with van der Waals surface area (Å²) in [6.45, 7) is 8.27. The zero-order valence-electron chi connectivity index (χ0n) is 11.9. The van der Waals surface area contributed by atoms with Crippen LogP contribution in [0.5, 0.6) is 0 Å². The second-order valence-electron chi connectivity index (χ2n) is 6.89. The SMILES string of the molecule is CC(C)(C)[C@H](N)C(=O)NC1CCN(C2CC2)CC1. The molecule has 104 valence electrons. The summed E-state index contributed by atoms with van der Waals surface area (Å²) in [7, 11) is 0. The summed E-state index contributed by atoms with van der Waals surface area (Å²) in [4.78, 5) is 14.6. The van der Waals surface area contributed by atoms with Gasteiger partial charge in [-0.1, -0.05) is 20.8 Å². The fourth-order valence-corrected chi connectivity index (χ4v) is 2.53. The smallest absolute Gasteiger partial charge is 0.237 e. The standard InChI is InChI=1S/C14H27N3O/c1-14(2,3)12(15)13(18)16-10-6-8-17(9-7-10)11-4-5-11/h10-12H,4-9,15H2,1-3H3,(H,16,18)/t12-/m1/s1. The fraction of sp³-hybridized carbons (Fsp3) is 0.929. The molecule has 1 saturated heterocycles. The average molecular weight is 253 g/mol. The minimum absolute atomic E-state index is 0.00683. The van der Waals surface area contributed by atoms with Crippen LogP contribution in [-0.4, -0.2) is 42.0 Å². The maximum Gasteiger partial charge on any atom is 0.237 e. The molecule has 2 aliphatic rings. The van der Waals surface area contributed by atoms with Crippen molar-refractivity contribution in [1.82, 2.24) is 10.2 Å². The predicted octanol–water partition coefficient (Wildman–Crippen LogP) is 1.10. The topological polar surface area (TPSA) is 58.4 Å². The van der Waals surface area contributed by atoms with E-state index in [0.29, 0.717) is 6.04 Å². The molecule has 4 heteroatoms.